The van der Waals surface area contributed by atoms with Crippen molar-refractivity contribution in [2.45, 2.75) is 32.7 Å². The maximum Gasteiger partial charge on any atom is 0.240 e. The average Bonchev–Trinajstić information content (AvgIpc) is 2.51. The Bertz CT molecular complexity index is 325. The molecular weight excluding hydrogens is 182 g/mol. The number of tetrazole rings is 1. The first kappa shape index (κ1) is 10.8. The van der Waals surface area contributed by atoms with E-state index in [0.717, 1.165) is 0 Å². The zero-order valence-electron chi connectivity index (χ0n) is 8.69. The molecule has 1 aromatic rings. The fraction of sp³-hybridized carbons (Fsp3) is 0.750. The van der Waals surface area contributed by atoms with Crippen LogP contribution in [-0.4, -0.2) is 32.5 Å². The van der Waals surface area contributed by atoms with Crippen molar-refractivity contribution in [3.8, 4) is 0 Å². The van der Waals surface area contributed by atoms with Crippen molar-refractivity contribution in [2.75, 3.05) is 6.54 Å². The van der Waals surface area contributed by atoms with Crippen molar-refractivity contribution in [1.29, 1.82) is 0 Å². The van der Waals surface area contributed by atoms with Crippen LogP contribution in [0.1, 0.15) is 37.8 Å². The first-order valence-electron chi connectivity index (χ1n) is 4.49. The van der Waals surface area contributed by atoms with Gasteiger partial charge in [0, 0.05) is 6.42 Å². The number of aromatic nitrogens is 4. The molecular formula is C8H15N5O. The molecule has 14 heavy (non-hydrogen) atoms. The first-order valence-corrected chi connectivity index (χ1v) is 4.49. The summed E-state index contributed by atoms with van der Waals surface area (Å²) in [7, 11) is 0. The van der Waals surface area contributed by atoms with Crippen LogP contribution in [0.5, 0.6) is 0 Å². The van der Waals surface area contributed by atoms with Crippen molar-refractivity contribution < 1.29 is 4.79 Å². The number of rotatable bonds is 3. The van der Waals surface area contributed by atoms with E-state index in [0.29, 0.717) is 6.54 Å². The summed E-state index contributed by atoms with van der Waals surface area (Å²) in [5.74, 6) is -0.0200. The van der Waals surface area contributed by atoms with Crippen LogP contribution in [0.4, 0.5) is 0 Å². The van der Waals surface area contributed by atoms with Crippen LogP contribution in [0.25, 0.3) is 0 Å². The van der Waals surface area contributed by atoms with E-state index in [-0.39, 0.29) is 23.6 Å². The molecule has 6 heteroatoms. The lowest BCUT2D eigenvalue weighted by atomic mass is 10.1. The lowest BCUT2D eigenvalue weighted by Crippen LogP contribution is -2.25. The Morgan fingerprint density at radius 1 is 1.50 bits per heavy atom. The van der Waals surface area contributed by atoms with E-state index in [2.05, 4.69) is 15.4 Å². The molecule has 1 heterocycles. The first-order chi connectivity index (χ1) is 6.45. The van der Waals surface area contributed by atoms with E-state index in [9.17, 15) is 4.79 Å². The number of carbonyl (C=O) groups excluding carboxylic acids is 1. The third kappa shape index (κ3) is 2.35. The SMILES string of the molecule is CC(C)(C)n1nnc(C(=O)CCN)n1. The van der Waals surface area contributed by atoms with Crippen LogP contribution in [0.3, 0.4) is 0 Å². The number of ketones is 1. The largest absolute Gasteiger partial charge is 0.330 e. The second-order valence-corrected chi connectivity index (χ2v) is 4.04. The zero-order chi connectivity index (χ0) is 10.8. The van der Waals surface area contributed by atoms with Gasteiger partial charge in [-0.2, -0.15) is 4.80 Å². The Balaban J connectivity index is 2.83. The molecule has 0 spiro atoms. The molecule has 0 atom stereocenters. The molecule has 0 fully saturated rings. The second-order valence-electron chi connectivity index (χ2n) is 4.04. The van der Waals surface area contributed by atoms with Crippen molar-refractivity contribution in [2.24, 2.45) is 5.73 Å². The predicted octanol–water partition coefficient (Wildman–Crippen LogP) is -0.0404. The highest BCUT2D eigenvalue weighted by atomic mass is 16.1. The van der Waals surface area contributed by atoms with Gasteiger partial charge in [-0.15, -0.1) is 10.2 Å². The van der Waals surface area contributed by atoms with Crippen LogP contribution < -0.4 is 5.73 Å². The van der Waals surface area contributed by atoms with Gasteiger partial charge in [-0.25, -0.2) is 0 Å². The Hall–Kier alpha value is -1.30. The zero-order valence-corrected chi connectivity index (χ0v) is 8.69. The van der Waals surface area contributed by atoms with E-state index >= 15 is 0 Å². The number of carbonyl (C=O) groups is 1. The summed E-state index contributed by atoms with van der Waals surface area (Å²) in [4.78, 5) is 12.8. The van der Waals surface area contributed by atoms with E-state index in [1.165, 1.54) is 4.80 Å². The third-order valence-corrected chi connectivity index (χ3v) is 1.63. The molecule has 0 amide bonds. The van der Waals surface area contributed by atoms with Gasteiger partial charge >= 0.3 is 0 Å². The third-order valence-electron chi connectivity index (χ3n) is 1.63. The number of Topliss-reactive ketones (excluding diaryl/α,β-unsaturated/α-hetero) is 1. The summed E-state index contributed by atoms with van der Waals surface area (Å²) in [6.07, 6.45) is 0.260. The van der Waals surface area contributed by atoms with Crippen LogP contribution >= 0.6 is 0 Å². The molecule has 6 nitrogen and oxygen atoms in total. The lowest BCUT2D eigenvalue weighted by Gasteiger charge is -2.15. The highest BCUT2D eigenvalue weighted by molar-refractivity contribution is 5.92. The number of hydrogen-bond acceptors (Lipinski definition) is 5. The molecule has 0 bridgehead atoms. The van der Waals surface area contributed by atoms with Gasteiger partial charge in [-0.1, -0.05) is 0 Å². The molecule has 1 aromatic heterocycles. The summed E-state index contributed by atoms with van der Waals surface area (Å²) in [5, 5.41) is 11.5. The van der Waals surface area contributed by atoms with E-state index in [1.807, 2.05) is 20.8 Å². The monoisotopic (exact) mass is 197 g/mol. The molecule has 0 aliphatic carbocycles. The molecule has 0 radical (unpaired) electrons. The normalized spacial score (nSPS) is 11.7. The second kappa shape index (κ2) is 3.83. The quantitative estimate of drug-likeness (QED) is 0.687. The van der Waals surface area contributed by atoms with Gasteiger partial charge in [0.1, 0.15) is 0 Å². The van der Waals surface area contributed by atoms with Gasteiger partial charge in [-0.05, 0) is 32.5 Å². The summed E-state index contributed by atoms with van der Waals surface area (Å²) >= 11 is 0. The van der Waals surface area contributed by atoms with Crippen LogP contribution in [0.2, 0.25) is 0 Å². The Kier molecular flexibility index (Phi) is 2.95. The van der Waals surface area contributed by atoms with Gasteiger partial charge in [0.05, 0.1) is 5.54 Å². The van der Waals surface area contributed by atoms with E-state index in [4.69, 9.17) is 5.73 Å². The van der Waals surface area contributed by atoms with Gasteiger partial charge in [0.2, 0.25) is 11.6 Å². The predicted molar refractivity (Wildman–Crippen MR) is 50.8 cm³/mol. The standard InChI is InChI=1S/C8H15N5O/c1-8(2,3)13-11-7(10-12-13)6(14)4-5-9/h4-5,9H2,1-3H3. The fourth-order valence-corrected chi connectivity index (χ4v) is 0.853. The topological polar surface area (TPSA) is 86.7 Å². The summed E-state index contributed by atoms with van der Waals surface area (Å²) in [6, 6.07) is 0. The van der Waals surface area contributed by atoms with E-state index in [1.54, 1.807) is 0 Å². The smallest absolute Gasteiger partial charge is 0.240 e. The Morgan fingerprint density at radius 2 is 2.14 bits per heavy atom. The lowest BCUT2D eigenvalue weighted by molar-refractivity contribution is 0.0974. The molecule has 0 unspecified atom stereocenters. The average molecular weight is 197 g/mol. The van der Waals surface area contributed by atoms with Crippen LogP contribution in [0, 0.1) is 0 Å². The molecule has 0 aromatic carbocycles. The molecule has 0 aliphatic rings. The maximum absolute atomic E-state index is 11.3. The van der Waals surface area contributed by atoms with Gasteiger partial charge < -0.3 is 5.73 Å². The van der Waals surface area contributed by atoms with Crippen molar-refractivity contribution in [1.82, 2.24) is 20.2 Å². The minimum atomic E-state index is -0.256. The van der Waals surface area contributed by atoms with Crippen molar-refractivity contribution in [3.05, 3.63) is 5.82 Å². The minimum Gasteiger partial charge on any atom is -0.330 e. The summed E-state index contributed by atoms with van der Waals surface area (Å²) in [5.41, 5.74) is 5.00. The van der Waals surface area contributed by atoms with Crippen LogP contribution in [0.15, 0.2) is 0 Å². The fourth-order valence-electron chi connectivity index (χ4n) is 0.853. The van der Waals surface area contributed by atoms with Crippen LogP contribution in [-0.2, 0) is 5.54 Å². The molecule has 0 saturated heterocycles. The van der Waals surface area contributed by atoms with Crippen molar-refractivity contribution in [3.63, 3.8) is 0 Å². The number of nitrogens with two attached hydrogens (primary N) is 1. The molecule has 0 saturated carbocycles. The highest BCUT2D eigenvalue weighted by Crippen LogP contribution is 2.09. The molecule has 1 rings (SSSR count). The van der Waals surface area contributed by atoms with Crippen molar-refractivity contribution >= 4 is 5.78 Å². The molecule has 2 N–H and O–H groups in total. The Labute approximate surface area is 82.5 Å². The number of hydrogen-bond donors (Lipinski definition) is 1. The summed E-state index contributed by atoms with van der Waals surface area (Å²) in [6.45, 7) is 6.12. The summed E-state index contributed by atoms with van der Waals surface area (Å²) < 4.78 is 0. The van der Waals surface area contributed by atoms with Gasteiger partial charge in [-0.3, -0.25) is 4.79 Å². The Morgan fingerprint density at radius 3 is 2.57 bits per heavy atom. The highest BCUT2D eigenvalue weighted by Gasteiger charge is 2.19. The van der Waals surface area contributed by atoms with Gasteiger partial charge in [0.15, 0.2) is 0 Å². The minimum absolute atomic E-state index is 0.144. The van der Waals surface area contributed by atoms with Gasteiger partial charge in [0.25, 0.3) is 0 Å². The molecule has 78 valence electrons. The number of nitrogens with zero attached hydrogens (tertiary/aromatic N) is 4. The molecule has 0 aliphatic heterocycles. The maximum atomic E-state index is 11.3. The van der Waals surface area contributed by atoms with E-state index < -0.39 is 0 Å².